The van der Waals surface area contributed by atoms with Gasteiger partial charge < -0.3 is 36.9 Å². The molecule has 0 aliphatic carbocycles. The van der Waals surface area contributed by atoms with Gasteiger partial charge in [0, 0.05) is 23.5 Å². The molecule has 11 nitrogen and oxygen atoms in total. The van der Waals surface area contributed by atoms with Gasteiger partial charge in [-0.15, -0.1) is 0 Å². The fourth-order valence-electron chi connectivity index (χ4n) is 3.62. The molecule has 2 rings (SSSR count). The van der Waals surface area contributed by atoms with Crippen molar-refractivity contribution < 1.29 is 29.4 Å². The van der Waals surface area contributed by atoms with Crippen molar-refractivity contribution in [1.29, 1.82) is 0 Å². The maximum atomic E-state index is 13.2. The quantitative estimate of drug-likeness (QED) is 0.181. The number of hydrogen-bond donors (Lipinski definition) is 7. The van der Waals surface area contributed by atoms with Gasteiger partial charge in [0.2, 0.25) is 17.7 Å². The van der Waals surface area contributed by atoms with Crippen LogP contribution in [0.3, 0.4) is 0 Å². The van der Waals surface area contributed by atoms with Crippen LogP contribution in [0.15, 0.2) is 30.5 Å². The lowest BCUT2D eigenvalue weighted by Gasteiger charge is -2.25. The molecular weight excluding hydrogens is 486 g/mol. The molecule has 12 heteroatoms. The number of carbonyl (C=O) groups is 4. The van der Waals surface area contributed by atoms with Crippen molar-refractivity contribution >= 4 is 46.4 Å². The second-order valence-electron chi connectivity index (χ2n) is 8.83. The number of thioether (sulfide) groups is 1. The molecule has 8 N–H and O–H groups in total. The van der Waals surface area contributed by atoms with Gasteiger partial charge in [0.1, 0.15) is 18.1 Å². The minimum atomic E-state index is -1.41. The van der Waals surface area contributed by atoms with Gasteiger partial charge in [-0.05, 0) is 36.0 Å². The van der Waals surface area contributed by atoms with Crippen molar-refractivity contribution in [3.8, 4) is 0 Å². The fourth-order valence-corrected chi connectivity index (χ4v) is 4.11. The summed E-state index contributed by atoms with van der Waals surface area (Å²) in [7, 11) is 0. The molecule has 0 saturated heterocycles. The lowest BCUT2D eigenvalue weighted by molar-refractivity contribution is -0.143. The number of rotatable bonds is 14. The zero-order valence-electron chi connectivity index (χ0n) is 20.6. The largest absolute Gasteiger partial charge is 0.480 e. The van der Waals surface area contributed by atoms with E-state index in [1.807, 2.05) is 30.5 Å². The molecule has 0 saturated carbocycles. The summed E-state index contributed by atoms with van der Waals surface area (Å²) in [4.78, 5) is 53.1. The molecule has 1 heterocycles. The van der Waals surface area contributed by atoms with E-state index in [1.165, 1.54) is 0 Å². The Labute approximate surface area is 214 Å². The van der Waals surface area contributed by atoms with Crippen LogP contribution in [0, 0.1) is 5.92 Å². The number of H-pyrrole nitrogens is 1. The smallest absolute Gasteiger partial charge is 0.326 e. The number of carboxylic acid groups (broad SMARTS) is 1. The summed E-state index contributed by atoms with van der Waals surface area (Å²) in [6, 6.07) is 2.95. The zero-order chi connectivity index (χ0) is 26.8. The molecule has 36 heavy (non-hydrogen) atoms. The van der Waals surface area contributed by atoms with E-state index in [9.17, 15) is 29.4 Å². The first kappa shape index (κ1) is 29.1. The Balaban J connectivity index is 2.22. The van der Waals surface area contributed by atoms with Gasteiger partial charge in [0.15, 0.2) is 0 Å². The lowest BCUT2D eigenvalue weighted by atomic mass is 10.0. The number of nitrogens with one attached hydrogen (secondary N) is 4. The standard InChI is InChI=1S/C24H35N5O6S/c1-13(2)20(24(34)35)29-23(33)19(12-30)28-22(32)18(27-21(31)16(25)8-9-36-3)10-14-11-26-17-7-5-4-6-15(14)17/h4-7,11,13,16,18-20,26,30H,8-10,12,25H2,1-3H3,(H,27,31)(H,28,32)(H,29,33)(H,34,35). The molecule has 0 spiro atoms. The predicted octanol–water partition coefficient (Wildman–Crippen LogP) is -0.0219. The molecular formula is C24H35N5O6S. The van der Waals surface area contributed by atoms with Gasteiger partial charge in [0.25, 0.3) is 0 Å². The van der Waals surface area contributed by atoms with Crippen LogP contribution in [0.4, 0.5) is 0 Å². The predicted molar refractivity (Wildman–Crippen MR) is 138 cm³/mol. The van der Waals surface area contributed by atoms with Crippen molar-refractivity contribution in [2.75, 3.05) is 18.6 Å². The van der Waals surface area contributed by atoms with Crippen LogP contribution in [0.1, 0.15) is 25.8 Å². The zero-order valence-corrected chi connectivity index (χ0v) is 21.4. The Morgan fingerprint density at radius 1 is 1.03 bits per heavy atom. The molecule has 4 atom stereocenters. The Morgan fingerprint density at radius 3 is 2.28 bits per heavy atom. The number of fused-ring (bicyclic) bond motifs is 1. The van der Waals surface area contributed by atoms with Crippen LogP contribution in [-0.2, 0) is 25.6 Å². The number of amides is 3. The molecule has 2 aromatic rings. The van der Waals surface area contributed by atoms with E-state index in [-0.39, 0.29) is 6.42 Å². The number of hydrogen-bond acceptors (Lipinski definition) is 7. The number of nitrogens with two attached hydrogens (primary N) is 1. The van der Waals surface area contributed by atoms with E-state index < -0.39 is 60.4 Å². The Hall–Kier alpha value is -3.09. The number of aromatic nitrogens is 1. The summed E-state index contributed by atoms with van der Waals surface area (Å²) in [6.07, 6.45) is 4.15. The summed E-state index contributed by atoms with van der Waals surface area (Å²) < 4.78 is 0. The number of aliphatic hydroxyl groups is 1. The van der Waals surface area contributed by atoms with Crippen LogP contribution in [-0.4, -0.2) is 81.7 Å². The third-order valence-electron chi connectivity index (χ3n) is 5.75. The number of benzene rings is 1. The number of aromatic amines is 1. The summed E-state index contributed by atoms with van der Waals surface area (Å²) in [5.74, 6) is -3.05. The average molecular weight is 522 g/mol. The first-order valence-electron chi connectivity index (χ1n) is 11.6. The third-order valence-corrected chi connectivity index (χ3v) is 6.39. The SMILES string of the molecule is CSCCC(N)C(=O)NC(Cc1c[nH]c2ccccc12)C(=O)NC(CO)C(=O)NC(C(=O)O)C(C)C. The maximum absolute atomic E-state index is 13.2. The molecule has 3 amide bonds. The molecule has 0 radical (unpaired) electrons. The summed E-state index contributed by atoms with van der Waals surface area (Å²) in [6.45, 7) is 2.49. The second kappa shape index (κ2) is 13.9. The van der Waals surface area contributed by atoms with Gasteiger partial charge in [-0.1, -0.05) is 32.0 Å². The van der Waals surface area contributed by atoms with E-state index >= 15 is 0 Å². The number of carbonyl (C=O) groups excluding carboxylic acids is 3. The average Bonchev–Trinajstić information content (AvgIpc) is 3.25. The molecule has 0 fully saturated rings. The monoisotopic (exact) mass is 521 g/mol. The second-order valence-corrected chi connectivity index (χ2v) is 9.81. The first-order valence-corrected chi connectivity index (χ1v) is 13.0. The third kappa shape index (κ3) is 7.97. The number of aliphatic hydroxyl groups excluding tert-OH is 1. The molecule has 0 bridgehead atoms. The number of carboxylic acids is 1. The number of para-hydroxylation sites is 1. The summed E-state index contributed by atoms with van der Waals surface area (Å²) in [5, 5.41) is 27.4. The molecule has 0 aliphatic rings. The molecule has 1 aromatic carbocycles. The summed E-state index contributed by atoms with van der Waals surface area (Å²) in [5.41, 5.74) is 7.60. The van der Waals surface area contributed by atoms with Crippen molar-refractivity contribution in [2.45, 2.75) is 50.9 Å². The molecule has 0 aliphatic heterocycles. The minimum absolute atomic E-state index is 0.0976. The Kier molecular flexibility index (Phi) is 11.2. The highest BCUT2D eigenvalue weighted by atomic mass is 32.2. The van der Waals surface area contributed by atoms with Crippen LogP contribution in [0.2, 0.25) is 0 Å². The Bertz CT molecular complexity index is 1060. The van der Waals surface area contributed by atoms with E-state index in [0.717, 1.165) is 16.5 Å². The van der Waals surface area contributed by atoms with Crippen molar-refractivity contribution in [2.24, 2.45) is 11.7 Å². The van der Waals surface area contributed by atoms with Gasteiger partial charge >= 0.3 is 5.97 Å². The highest BCUT2D eigenvalue weighted by Gasteiger charge is 2.31. The van der Waals surface area contributed by atoms with Crippen molar-refractivity contribution in [3.63, 3.8) is 0 Å². The van der Waals surface area contributed by atoms with E-state index in [0.29, 0.717) is 12.2 Å². The molecule has 1 aromatic heterocycles. The van der Waals surface area contributed by atoms with E-state index in [2.05, 4.69) is 20.9 Å². The summed E-state index contributed by atoms with van der Waals surface area (Å²) >= 11 is 1.54. The molecule has 198 valence electrons. The highest BCUT2D eigenvalue weighted by molar-refractivity contribution is 7.98. The van der Waals surface area contributed by atoms with Crippen LogP contribution >= 0.6 is 11.8 Å². The van der Waals surface area contributed by atoms with Gasteiger partial charge in [0.05, 0.1) is 12.6 Å². The van der Waals surface area contributed by atoms with Crippen LogP contribution in [0.25, 0.3) is 10.9 Å². The van der Waals surface area contributed by atoms with E-state index in [1.54, 1.807) is 31.8 Å². The maximum Gasteiger partial charge on any atom is 0.326 e. The minimum Gasteiger partial charge on any atom is -0.480 e. The van der Waals surface area contributed by atoms with Gasteiger partial charge in [-0.3, -0.25) is 14.4 Å². The van der Waals surface area contributed by atoms with Crippen LogP contribution < -0.4 is 21.7 Å². The fraction of sp³-hybridized carbons (Fsp3) is 0.500. The lowest BCUT2D eigenvalue weighted by Crippen LogP contribution is -2.59. The van der Waals surface area contributed by atoms with E-state index in [4.69, 9.17) is 5.73 Å². The van der Waals surface area contributed by atoms with Crippen LogP contribution in [0.5, 0.6) is 0 Å². The van der Waals surface area contributed by atoms with Gasteiger partial charge in [-0.2, -0.15) is 11.8 Å². The van der Waals surface area contributed by atoms with Crippen molar-refractivity contribution in [3.05, 3.63) is 36.0 Å². The first-order chi connectivity index (χ1) is 17.1. The molecule has 4 unspecified atom stereocenters. The van der Waals surface area contributed by atoms with Crippen molar-refractivity contribution in [1.82, 2.24) is 20.9 Å². The highest BCUT2D eigenvalue weighted by Crippen LogP contribution is 2.19. The van der Waals surface area contributed by atoms with Gasteiger partial charge in [-0.25, -0.2) is 4.79 Å². The number of aliphatic carboxylic acids is 1. The normalized spacial score (nSPS) is 14.6. The Morgan fingerprint density at radius 2 is 1.67 bits per heavy atom. The topological polar surface area (TPSA) is 187 Å².